The average Bonchev–Trinajstić information content (AvgIpc) is 3.25. The second-order valence-electron chi connectivity index (χ2n) is 7.43. The summed E-state index contributed by atoms with van der Waals surface area (Å²) in [4.78, 5) is 12.8. The van der Waals surface area contributed by atoms with E-state index in [1.165, 1.54) is 54.3 Å². The van der Waals surface area contributed by atoms with Gasteiger partial charge in [0.25, 0.3) is 5.69 Å². The summed E-state index contributed by atoms with van der Waals surface area (Å²) in [7, 11) is -3.58. The van der Waals surface area contributed by atoms with Crippen LogP contribution in [0.15, 0.2) is 29.2 Å². The van der Waals surface area contributed by atoms with Crippen LogP contribution in [-0.2, 0) is 10.0 Å². The highest BCUT2D eigenvalue weighted by atomic mass is 32.2. The molecule has 8 heteroatoms. The van der Waals surface area contributed by atoms with Crippen LogP contribution >= 0.6 is 0 Å². The standard InChI is InChI=1S/C17H23N3O4S/c21-20(22)15-3-5-16(6-4-15)25(23,24)19-9-7-18(8-10-19)17-12-13-1-2-14(17)11-13/h3-6,13-14,17H,1-2,7-12H2. The molecule has 2 saturated carbocycles. The monoisotopic (exact) mass is 365 g/mol. The van der Waals surface area contributed by atoms with Crippen molar-refractivity contribution in [1.82, 2.24) is 9.21 Å². The van der Waals surface area contributed by atoms with Crippen molar-refractivity contribution in [2.45, 2.75) is 36.6 Å². The fourth-order valence-corrected chi connectivity index (χ4v) is 6.25. The number of hydrogen-bond donors (Lipinski definition) is 0. The van der Waals surface area contributed by atoms with E-state index in [2.05, 4.69) is 4.90 Å². The minimum atomic E-state index is -3.58. The molecule has 1 aliphatic heterocycles. The number of sulfonamides is 1. The highest BCUT2D eigenvalue weighted by molar-refractivity contribution is 7.89. The summed E-state index contributed by atoms with van der Waals surface area (Å²) < 4.78 is 27.0. The van der Waals surface area contributed by atoms with Crippen molar-refractivity contribution < 1.29 is 13.3 Å². The van der Waals surface area contributed by atoms with Gasteiger partial charge in [-0.25, -0.2) is 8.42 Å². The van der Waals surface area contributed by atoms with Crippen molar-refractivity contribution in [2.24, 2.45) is 11.8 Å². The highest BCUT2D eigenvalue weighted by Gasteiger charge is 2.43. The predicted octanol–water partition coefficient (Wildman–Crippen LogP) is 2.09. The van der Waals surface area contributed by atoms with Gasteiger partial charge in [0.05, 0.1) is 9.82 Å². The topological polar surface area (TPSA) is 83.8 Å². The molecule has 3 aliphatic rings. The number of piperazine rings is 1. The van der Waals surface area contributed by atoms with E-state index in [4.69, 9.17) is 0 Å². The lowest BCUT2D eigenvalue weighted by atomic mass is 9.93. The highest BCUT2D eigenvalue weighted by Crippen LogP contribution is 2.46. The first-order chi connectivity index (χ1) is 11.9. The van der Waals surface area contributed by atoms with Gasteiger partial charge in [0, 0.05) is 44.4 Å². The maximum absolute atomic E-state index is 12.8. The molecule has 0 amide bonds. The van der Waals surface area contributed by atoms with Crippen molar-refractivity contribution in [3.8, 4) is 0 Å². The lowest BCUT2D eigenvalue weighted by Gasteiger charge is -2.40. The molecule has 3 atom stereocenters. The summed E-state index contributed by atoms with van der Waals surface area (Å²) in [6.45, 7) is 2.54. The summed E-state index contributed by atoms with van der Waals surface area (Å²) in [6, 6.07) is 5.80. The molecule has 0 radical (unpaired) electrons. The molecule has 3 fully saturated rings. The van der Waals surface area contributed by atoms with Crippen LogP contribution in [0.25, 0.3) is 0 Å². The van der Waals surface area contributed by atoms with Gasteiger partial charge in [0.2, 0.25) is 10.0 Å². The third-order valence-corrected chi connectivity index (χ3v) is 8.04. The average molecular weight is 365 g/mol. The molecule has 1 aromatic rings. The number of benzene rings is 1. The van der Waals surface area contributed by atoms with E-state index in [1.807, 2.05) is 0 Å². The summed E-state index contributed by atoms with van der Waals surface area (Å²) in [5, 5.41) is 10.7. The first kappa shape index (κ1) is 16.9. The van der Waals surface area contributed by atoms with Gasteiger partial charge < -0.3 is 0 Å². The minimum Gasteiger partial charge on any atom is -0.297 e. The Morgan fingerprint density at radius 1 is 1.00 bits per heavy atom. The number of hydrogen-bond acceptors (Lipinski definition) is 5. The van der Waals surface area contributed by atoms with Crippen molar-refractivity contribution in [3.05, 3.63) is 34.4 Å². The van der Waals surface area contributed by atoms with E-state index in [0.717, 1.165) is 24.9 Å². The van der Waals surface area contributed by atoms with Gasteiger partial charge in [-0.1, -0.05) is 6.42 Å². The molecule has 1 heterocycles. The number of nitro groups is 1. The van der Waals surface area contributed by atoms with Crippen LogP contribution in [0.3, 0.4) is 0 Å². The molecule has 7 nitrogen and oxygen atoms in total. The first-order valence-corrected chi connectivity index (χ1v) is 10.4. The van der Waals surface area contributed by atoms with E-state index in [-0.39, 0.29) is 10.6 Å². The normalized spacial score (nSPS) is 30.6. The third-order valence-electron chi connectivity index (χ3n) is 6.13. The predicted molar refractivity (Wildman–Crippen MR) is 92.7 cm³/mol. The van der Waals surface area contributed by atoms with Gasteiger partial charge in [0.15, 0.2) is 0 Å². The molecule has 1 saturated heterocycles. The molecule has 3 unspecified atom stereocenters. The van der Waals surface area contributed by atoms with Crippen molar-refractivity contribution >= 4 is 15.7 Å². The second-order valence-corrected chi connectivity index (χ2v) is 9.37. The van der Waals surface area contributed by atoms with E-state index >= 15 is 0 Å². The Morgan fingerprint density at radius 2 is 1.68 bits per heavy atom. The number of rotatable bonds is 4. The van der Waals surface area contributed by atoms with E-state index < -0.39 is 14.9 Å². The molecule has 4 rings (SSSR count). The van der Waals surface area contributed by atoms with E-state index in [9.17, 15) is 18.5 Å². The quantitative estimate of drug-likeness (QED) is 0.603. The fraction of sp³-hybridized carbons (Fsp3) is 0.647. The van der Waals surface area contributed by atoms with Crippen LogP contribution in [0.1, 0.15) is 25.7 Å². The maximum Gasteiger partial charge on any atom is 0.269 e. The molecule has 0 N–H and O–H groups in total. The van der Waals surface area contributed by atoms with Crippen molar-refractivity contribution in [3.63, 3.8) is 0 Å². The molecule has 0 spiro atoms. The first-order valence-electron chi connectivity index (χ1n) is 8.94. The minimum absolute atomic E-state index is 0.0972. The summed E-state index contributed by atoms with van der Waals surface area (Å²) in [6.07, 6.45) is 5.33. The lowest BCUT2D eigenvalue weighted by molar-refractivity contribution is -0.384. The van der Waals surface area contributed by atoms with Gasteiger partial charge >= 0.3 is 0 Å². The second kappa shape index (κ2) is 6.34. The van der Waals surface area contributed by atoms with Crippen LogP contribution < -0.4 is 0 Å². The summed E-state index contributed by atoms with van der Waals surface area (Å²) in [5.74, 6) is 1.69. The number of nitrogens with zero attached hydrogens (tertiary/aromatic N) is 3. The van der Waals surface area contributed by atoms with Crippen LogP contribution in [0.4, 0.5) is 5.69 Å². The van der Waals surface area contributed by atoms with Gasteiger partial charge in [-0.3, -0.25) is 15.0 Å². The Kier molecular flexibility index (Phi) is 4.29. The SMILES string of the molecule is O=[N+]([O-])c1ccc(S(=O)(=O)N2CCN(C3CC4CCC3C4)CC2)cc1. The smallest absolute Gasteiger partial charge is 0.269 e. The third kappa shape index (κ3) is 3.07. The Morgan fingerprint density at radius 3 is 2.20 bits per heavy atom. The number of fused-ring (bicyclic) bond motifs is 2. The van der Waals surface area contributed by atoms with Crippen LogP contribution in [0.5, 0.6) is 0 Å². The van der Waals surface area contributed by atoms with Gasteiger partial charge in [-0.15, -0.1) is 0 Å². The van der Waals surface area contributed by atoms with Crippen molar-refractivity contribution in [1.29, 1.82) is 0 Å². The Balaban J connectivity index is 1.41. The summed E-state index contributed by atoms with van der Waals surface area (Å²) >= 11 is 0. The van der Waals surface area contributed by atoms with Gasteiger partial charge in [-0.05, 0) is 43.2 Å². The molecule has 1 aromatic carbocycles. The molecule has 0 aromatic heterocycles. The van der Waals surface area contributed by atoms with Crippen LogP contribution in [0.2, 0.25) is 0 Å². The molecule has 2 bridgehead atoms. The van der Waals surface area contributed by atoms with Crippen LogP contribution in [-0.4, -0.2) is 54.8 Å². The Bertz CT molecular complexity index is 757. The maximum atomic E-state index is 12.8. The lowest BCUT2D eigenvalue weighted by Crippen LogP contribution is -2.53. The molecular formula is C17H23N3O4S. The van der Waals surface area contributed by atoms with E-state index in [0.29, 0.717) is 19.1 Å². The molecule has 136 valence electrons. The molecule has 25 heavy (non-hydrogen) atoms. The fourth-order valence-electron chi connectivity index (χ4n) is 4.82. The Labute approximate surface area is 147 Å². The van der Waals surface area contributed by atoms with Crippen LogP contribution in [0, 0.1) is 22.0 Å². The molecule has 2 aliphatic carbocycles. The largest absolute Gasteiger partial charge is 0.297 e. The zero-order chi connectivity index (χ0) is 17.6. The number of non-ortho nitro benzene ring substituents is 1. The summed E-state index contributed by atoms with van der Waals surface area (Å²) in [5.41, 5.74) is -0.0972. The van der Waals surface area contributed by atoms with Crippen molar-refractivity contribution in [2.75, 3.05) is 26.2 Å². The zero-order valence-electron chi connectivity index (χ0n) is 14.1. The Hall–Kier alpha value is -1.51. The molecular weight excluding hydrogens is 342 g/mol. The van der Waals surface area contributed by atoms with E-state index in [1.54, 1.807) is 0 Å². The number of nitro benzene ring substituents is 1. The van der Waals surface area contributed by atoms with Gasteiger partial charge in [-0.2, -0.15) is 4.31 Å². The van der Waals surface area contributed by atoms with Gasteiger partial charge in [0.1, 0.15) is 0 Å². The zero-order valence-corrected chi connectivity index (χ0v) is 14.9.